The van der Waals surface area contributed by atoms with Crippen LogP contribution in [0.5, 0.6) is 0 Å². The van der Waals surface area contributed by atoms with Crippen molar-refractivity contribution in [1.29, 1.82) is 0 Å². The summed E-state index contributed by atoms with van der Waals surface area (Å²) in [4.78, 5) is 14.6. The average Bonchev–Trinajstić information content (AvgIpc) is 3.99. The zero-order chi connectivity index (χ0) is 48.4. The number of nitrogens with zero attached hydrogens (tertiary/aromatic N) is 3. The molecule has 0 amide bonds. The van der Waals surface area contributed by atoms with Crippen LogP contribution in [0.15, 0.2) is 6.20 Å². The highest BCUT2D eigenvalue weighted by molar-refractivity contribution is 5.87. The molecule has 4 aliphatic carbocycles. The molecule has 9 fully saturated rings. The van der Waals surface area contributed by atoms with E-state index in [0.29, 0.717) is 54.1 Å². The summed E-state index contributed by atoms with van der Waals surface area (Å²) in [5.41, 5.74) is 0.0790. The van der Waals surface area contributed by atoms with E-state index < -0.39 is 110 Å². The Morgan fingerprint density at radius 2 is 1.43 bits per heavy atom. The first kappa shape index (κ1) is 49.7. The highest BCUT2D eigenvalue weighted by atomic mass is 16.8. The van der Waals surface area contributed by atoms with E-state index in [9.17, 15) is 45.6 Å². The van der Waals surface area contributed by atoms with Gasteiger partial charge in [-0.1, -0.05) is 32.9 Å². The molecule has 1 spiro atoms. The van der Waals surface area contributed by atoms with Crippen molar-refractivity contribution >= 4 is 5.78 Å². The minimum atomic E-state index is -1.74. The van der Waals surface area contributed by atoms with Crippen molar-refractivity contribution in [2.45, 2.75) is 216 Å². The van der Waals surface area contributed by atoms with Gasteiger partial charge in [0.05, 0.1) is 50.4 Å². The van der Waals surface area contributed by atoms with E-state index in [0.717, 1.165) is 51.4 Å². The third kappa shape index (κ3) is 8.16. The molecule has 9 aliphatic rings. The van der Waals surface area contributed by atoms with E-state index in [4.69, 9.17) is 37.9 Å². The lowest BCUT2D eigenvalue weighted by atomic mass is 9.44. The molecule has 20 nitrogen and oxygen atoms in total. The summed E-state index contributed by atoms with van der Waals surface area (Å²) in [6.07, 6.45) is -11.7. The molecule has 10 rings (SSSR count). The summed E-state index contributed by atoms with van der Waals surface area (Å²) in [6.45, 7) is 12.2. The fraction of sp³-hybridized carbons (Fsp3) is 0.938. The molecule has 6 heterocycles. The molecule has 5 saturated heterocycles. The minimum Gasteiger partial charge on any atom is -0.388 e. The lowest BCUT2D eigenvalue weighted by Gasteiger charge is -2.60. The van der Waals surface area contributed by atoms with Gasteiger partial charge in [-0.25, -0.2) is 4.68 Å². The fourth-order valence-corrected chi connectivity index (χ4v) is 14.9. The molecule has 20 heteroatoms. The summed E-state index contributed by atoms with van der Waals surface area (Å²) in [6, 6.07) is 0.0853. The van der Waals surface area contributed by atoms with Crippen LogP contribution in [0, 0.1) is 52.3 Å². The Morgan fingerprint density at radius 3 is 2.13 bits per heavy atom. The largest absolute Gasteiger partial charge is 0.388 e. The number of ketones is 1. The van der Waals surface area contributed by atoms with Crippen LogP contribution >= 0.6 is 0 Å². The Kier molecular flexibility index (Phi) is 13.6. The zero-order valence-corrected chi connectivity index (χ0v) is 40.0. The van der Waals surface area contributed by atoms with Gasteiger partial charge in [-0.3, -0.25) is 4.79 Å². The molecule has 5 aliphatic heterocycles. The SMILES string of the molecule is C[C@@H]1CC[C@@]2(OC1)O[C@H]1C[C@H]3[C@@H]4CC[C@H]5C[C@@H](n6cc(CO[C@@H]7O[C@H](CO[C@@H]8O[C@@H](C)[C@H](O)[C@@H](O)[C@H]8O)[C@@H](O[C@@H]8O[C@@H](C)[C@H](O)[C@@H](O)[C@H]8O)[C@H](O)[C@H]7O)nn6)CC[C@]5(C)[C@H]4CC(=O)[C@]3(C)[C@H]1[C@@H]2C. The number of ether oxygens (including phenoxy) is 8. The van der Waals surface area contributed by atoms with Crippen LogP contribution in [0.25, 0.3) is 0 Å². The minimum absolute atomic E-state index is 0.0229. The van der Waals surface area contributed by atoms with Gasteiger partial charge >= 0.3 is 0 Å². The van der Waals surface area contributed by atoms with Crippen molar-refractivity contribution in [3.05, 3.63) is 11.9 Å². The Balaban J connectivity index is 0.778. The molecular formula is C48H75N3O17. The van der Waals surface area contributed by atoms with Gasteiger partial charge in [-0.05, 0) is 93.8 Å². The monoisotopic (exact) mass is 966 g/mol. The topological polar surface area (TPSA) is 283 Å². The van der Waals surface area contributed by atoms with Crippen LogP contribution in [-0.2, 0) is 49.3 Å². The molecule has 68 heavy (non-hydrogen) atoms. The second-order valence-electron chi connectivity index (χ2n) is 22.8. The van der Waals surface area contributed by atoms with Crippen LogP contribution in [0.3, 0.4) is 0 Å². The Labute approximate surface area is 396 Å². The van der Waals surface area contributed by atoms with Gasteiger partial charge in [0.2, 0.25) is 0 Å². The highest BCUT2D eigenvalue weighted by Crippen LogP contribution is 2.70. The predicted octanol–water partition coefficient (Wildman–Crippen LogP) is 0.465. The number of hydrogen-bond acceptors (Lipinski definition) is 19. The standard InChI is InChI=1S/C48H75N3O17/c1-20-9-12-48(63-17-20)21(2)33-30(68-48)14-29-27-8-7-24-13-26(10-11-46(24,5)28(27)15-32(52)47(29,33)6)51-16-25(49-50-51)18-61-44-41(60)38(57)42(67-45-40(59)37(56)35(54)23(4)65-45)31(66-44)19-62-43-39(58)36(55)34(53)22(3)64-43/h16,20-24,26-31,33-45,53-60H,7-15,17-19H2,1-6H3/t20-,21+,22+,23+,24+,26+,27-,28+,29+,30+,31-,33+,34+,35+,36-,37-,38-,39-,40-,41-,42-,43-,44-,45+,46+,47-,48-/m1/s1. The molecule has 1 aromatic rings. The quantitative estimate of drug-likeness (QED) is 0.167. The molecule has 8 N–H and O–H groups in total. The van der Waals surface area contributed by atoms with Crippen molar-refractivity contribution in [1.82, 2.24) is 15.0 Å². The third-order valence-electron chi connectivity index (χ3n) is 19.1. The summed E-state index contributed by atoms with van der Waals surface area (Å²) in [7, 11) is 0. The maximum absolute atomic E-state index is 14.6. The van der Waals surface area contributed by atoms with E-state index in [1.165, 1.54) is 13.8 Å². The third-order valence-corrected chi connectivity index (χ3v) is 19.1. The van der Waals surface area contributed by atoms with Crippen LogP contribution in [0.4, 0.5) is 0 Å². The van der Waals surface area contributed by atoms with Crippen molar-refractivity contribution in [3.63, 3.8) is 0 Å². The summed E-state index contributed by atoms with van der Waals surface area (Å²) < 4.78 is 50.3. The van der Waals surface area contributed by atoms with Gasteiger partial charge in [0.15, 0.2) is 24.7 Å². The molecule has 0 bridgehead atoms. The first-order chi connectivity index (χ1) is 32.2. The number of aliphatic hydroxyl groups is 8. The molecule has 0 unspecified atom stereocenters. The number of aromatic nitrogens is 3. The molecule has 1 aromatic heterocycles. The first-order valence-electron chi connectivity index (χ1n) is 25.3. The van der Waals surface area contributed by atoms with Gasteiger partial charge in [0.25, 0.3) is 0 Å². The van der Waals surface area contributed by atoms with Crippen LogP contribution in [-0.4, -0.2) is 179 Å². The van der Waals surface area contributed by atoms with Crippen molar-refractivity contribution < 1.29 is 83.5 Å². The summed E-state index contributed by atoms with van der Waals surface area (Å²) in [5.74, 6) is 2.27. The number of carbonyl (C=O) groups excluding carboxylic acids is 1. The van der Waals surface area contributed by atoms with Crippen molar-refractivity contribution in [3.8, 4) is 0 Å². The number of carbonyl (C=O) groups is 1. The van der Waals surface area contributed by atoms with Gasteiger partial charge in [0.1, 0.15) is 72.5 Å². The maximum Gasteiger partial charge on any atom is 0.187 e. The zero-order valence-electron chi connectivity index (χ0n) is 40.0. The van der Waals surface area contributed by atoms with Crippen molar-refractivity contribution in [2.75, 3.05) is 13.2 Å². The van der Waals surface area contributed by atoms with E-state index in [2.05, 4.69) is 38.0 Å². The second kappa shape index (κ2) is 18.6. The molecule has 384 valence electrons. The molecule has 0 radical (unpaired) electrons. The average molecular weight is 966 g/mol. The van der Waals surface area contributed by atoms with Crippen molar-refractivity contribution in [2.24, 2.45) is 52.3 Å². The Morgan fingerprint density at radius 1 is 0.750 bits per heavy atom. The predicted molar refractivity (Wildman–Crippen MR) is 232 cm³/mol. The molecule has 27 atom stereocenters. The number of hydrogen-bond donors (Lipinski definition) is 8. The highest BCUT2D eigenvalue weighted by Gasteiger charge is 2.72. The van der Waals surface area contributed by atoms with Crippen LogP contribution in [0.1, 0.15) is 111 Å². The smallest absolute Gasteiger partial charge is 0.187 e. The van der Waals surface area contributed by atoms with E-state index in [1.807, 2.05) is 10.9 Å². The van der Waals surface area contributed by atoms with Gasteiger partial charge in [-0.15, -0.1) is 5.10 Å². The van der Waals surface area contributed by atoms with Gasteiger partial charge in [0, 0.05) is 30.1 Å². The summed E-state index contributed by atoms with van der Waals surface area (Å²) >= 11 is 0. The second-order valence-corrected chi connectivity index (χ2v) is 22.8. The Hall–Kier alpha value is -1.83. The number of fused-ring (bicyclic) bond motifs is 7. The van der Waals surface area contributed by atoms with Gasteiger partial charge in [-0.2, -0.15) is 0 Å². The van der Waals surface area contributed by atoms with E-state index >= 15 is 0 Å². The number of rotatable bonds is 9. The first-order valence-corrected chi connectivity index (χ1v) is 25.3. The van der Waals surface area contributed by atoms with E-state index in [1.54, 1.807) is 0 Å². The Bertz CT molecular complexity index is 1960. The van der Waals surface area contributed by atoms with Crippen LogP contribution in [0.2, 0.25) is 0 Å². The lowest BCUT2D eigenvalue weighted by Crippen LogP contribution is -2.64. The molecule has 0 aromatic carbocycles. The number of Topliss-reactive ketones (excluding diaryl/α,β-unsaturated/α-hetero) is 1. The normalized spacial score (nSPS) is 54.8. The molecular weight excluding hydrogens is 891 g/mol. The maximum atomic E-state index is 14.6. The number of aliphatic hydroxyl groups excluding tert-OH is 8. The lowest BCUT2D eigenvalue weighted by molar-refractivity contribution is -0.365. The molecule has 4 saturated carbocycles. The van der Waals surface area contributed by atoms with Gasteiger partial charge < -0.3 is 78.7 Å². The van der Waals surface area contributed by atoms with E-state index in [-0.39, 0.29) is 36.0 Å². The van der Waals surface area contributed by atoms with Crippen LogP contribution < -0.4 is 0 Å². The fourth-order valence-electron chi connectivity index (χ4n) is 14.9. The summed E-state index contributed by atoms with van der Waals surface area (Å²) in [5, 5.41) is 94.2.